The lowest BCUT2D eigenvalue weighted by Crippen LogP contribution is -2.04. The highest BCUT2D eigenvalue weighted by molar-refractivity contribution is 6.31. The second-order valence-corrected chi connectivity index (χ2v) is 5.26. The maximum atomic E-state index is 11.2. The predicted molar refractivity (Wildman–Crippen MR) is 86.5 cm³/mol. The molecule has 112 valence electrons. The number of aromatic amines is 1. The minimum absolute atomic E-state index is 0.255. The van der Waals surface area contributed by atoms with Crippen molar-refractivity contribution in [3.8, 4) is 0 Å². The van der Waals surface area contributed by atoms with Gasteiger partial charge in [-0.15, -0.1) is 0 Å². The zero-order chi connectivity index (χ0) is 15.5. The van der Waals surface area contributed by atoms with Crippen molar-refractivity contribution < 1.29 is 9.53 Å². The number of nitrogens with zero attached hydrogens (tertiary/aromatic N) is 1. The van der Waals surface area contributed by atoms with Crippen LogP contribution in [-0.4, -0.2) is 23.0 Å². The van der Waals surface area contributed by atoms with Crippen LogP contribution in [0.1, 0.15) is 5.56 Å². The molecule has 2 N–H and O–H groups in total. The summed E-state index contributed by atoms with van der Waals surface area (Å²) in [5, 5.41) is 3.84. The molecule has 6 heteroatoms. The third-order valence-corrected chi connectivity index (χ3v) is 3.47. The van der Waals surface area contributed by atoms with Crippen molar-refractivity contribution in [2.24, 2.45) is 0 Å². The van der Waals surface area contributed by atoms with Gasteiger partial charge in [-0.25, -0.2) is 4.98 Å². The first-order valence-corrected chi connectivity index (χ1v) is 7.10. The van der Waals surface area contributed by atoms with Crippen molar-refractivity contribution >= 4 is 40.2 Å². The third kappa shape index (κ3) is 3.20. The summed E-state index contributed by atoms with van der Waals surface area (Å²) in [5.41, 5.74) is 3.49. The Bertz CT molecular complexity index is 812. The molecule has 1 heterocycles. The molecule has 0 atom stereocenters. The van der Waals surface area contributed by atoms with E-state index in [-0.39, 0.29) is 12.4 Å². The van der Waals surface area contributed by atoms with Crippen molar-refractivity contribution in [2.75, 3.05) is 12.4 Å². The standard InChI is InChI=1S/C16H14ClN3O2/c1-22-15(21)8-10-2-5-12(6-3-10)18-16-19-13-7-4-11(17)9-14(13)20-16/h2-7,9H,8H2,1H3,(H2,18,19,20). The van der Waals surface area contributed by atoms with E-state index < -0.39 is 0 Å². The molecular formula is C16H14ClN3O2. The Hall–Kier alpha value is -2.53. The number of carbonyl (C=O) groups is 1. The molecule has 0 spiro atoms. The summed E-state index contributed by atoms with van der Waals surface area (Å²) in [5.74, 6) is 0.382. The monoisotopic (exact) mass is 315 g/mol. The third-order valence-electron chi connectivity index (χ3n) is 3.24. The van der Waals surface area contributed by atoms with Crippen LogP contribution in [0.15, 0.2) is 42.5 Å². The summed E-state index contributed by atoms with van der Waals surface area (Å²) in [6.07, 6.45) is 0.264. The number of benzene rings is 2. The van der Waals surface area contributed by atoms with E-state index in [1.807, 2.05) is 36.4 Å². The summed E-state index contributed by atoms with van der Waals surface area (Å²) < 4.78 is 4.64. The zero-order valence-electron chi connectivity index (χ0n) is 11.9. The van der Waals surface area contributed by atoms with E-state index in [1.165, 1.54) is 7.11 Å². The fourth-order valence-electron chi connectivity index (χ4n) is 2.12. The van der Waals surface area contributed by atoms with Crippen LogP contribution in [-0.2, 0) is 16.0 Å². The van der Waals surface area contributed by atoms with Gasteiger partial charge in [-0.3, -0.25) is 4.79 Å². The molecular weight excluding hydrogens is 302 g/mol. The quantitative estimate of drug-likeness (QED) is 0.721. The first-order valence-electron chi connectivity index (χ1n) is 6.72. The second kappa shape index (κ2) is 6.07. The normalized spacial score (nSPS) is 10.6. The van der Waals surface area contributed by atoms with Crippen LogP contribution in [0, 0.1) is 0 Å². The Morgan fingerprint density at radius 1 is 1.27 bits per heavy atom. The predicted octanol–water partition coefficient (Wildman–Crippen LogP) is 3.68. The van der Waals surface area contributed by atoms with Gasteiger partial charge < -0.3 is 15.0 Å². The number of hydrogen-bond donors (Lipinski definition) is 2. The minimum Gasteiger partial charge on any atom is -0.469 e. The summed E-state index contributed by atoms with van der Waals surface area (Å²) in [7, 11) is 1.38. The fourth-order valence-corrected chi connectivity index (χ4v) is 2.29. The van der Waals surface area contributed by atoms with Crippen LogP contribution in [0.3, 0.4) is 0 Å². The highest BCUT2D eigenvalue weighted by Gasteiger charge is 2.05. The Balaban J connectivity index is 1.75. The summed E-state index contributed by atoms with van der Waals surface area (Å²) in [6, 6.07) is 13.0. The van der Waals surface area contributed by atoms with E-state index in [0.717, 1.165) is 22.3 Å². The van der Waals surface area contributed by atoms with Crippen LogP contribution in [0.2, 0.25) is 5.02 Å². The number of esters is 1. The smallest absolute Gasteiger partial charge is 0.309 e. The van der Waals surface area contributed by atoms with Gasteiger partial charge in [0, 0.05) is 10.7 Å². The number of aromatic nitrogens is 2. The number of hydrogen-bond acceptors (Lipinski definition) is 4. The molecule has 0 fully saturated rings. The van der Waals surface area contributed by atoms with E-state index in [9.17, 15) is 4.79 Å². The summed E-state index contributed by atoms with van der Waals surface area (Å²) in [4.78, 5) is 18.8. The average molecular weight is 316 g/mol. The van der Waals surface area contributed by atoms with E-state index in [0.29, 0.717) is 11.0 Å². The maximum absolute atomic E-state index is 11.2. The SMILES string of the molecule is COC(=O)Cc1ccc(Nc2nc3ccc(Cl)cc3[nH]2)cc1. The molecule has 0 aliphatic rings. The number of carbonyl (C=O) groups excluding carboxylic acids is 1. The number of H-pyrrole nitrogens is 1. The first kappa shape index (κ1) is 14.4. The molecule has 0 amide bonds. The fraction of sp³-hybridized carbons (Fsp3) is 0.125. The van der Waals surface area contributed by atoms with Crippen molar-refractivity contribution in [3.05, 3.63) is 53.1 Å². The van der Waals surface area contributed by atoms with Crippen molar-refractivity contribution in [2.45, 2.75) is 6.42 Å². The van der Waals surface area contributed by atoms with Crippen molar-refractivity contribution in [1.82, 2.24) is 9.97 Å². The lowest BCUT2D eigenvalue weighted by Gasteiger charge is -2.04. The highest BCUT2D eigenvalue weighted by Crippen LogP contribution is 2.21. The molecule has 22 heavy (non-hydrogen) atoms. The molecule has 0 aliphatic carbocycles. The largest absolute Gasteiger partial charge is 0.469 e. The van der Waals surface area contributed by atoms with Crippen LogP contribution in [0.5, 0.6) is 0 Å². The molecule has 0 unspecified atom stereocenters. The van der Waals surface area contributed by atoms with Crippen LogP contribution in [0.25, 0.3) is 11.0 Å². The Morgan fingerprint density at radius 2 is 2.05 bits per heavy atom. The number of methoxy groups -OCH3 is 1. The molecule has 0 bridgehead atoms. The number of ether oxygens (including phenoxy) is 1. The highest BCUT2D eigenvalue weighted by atomic mass is 35.5. The van der Waals surface area contributed by atoms with Gasteiger partial charge in [-0.1, -0.05) is 23.7 Å². The number of halogens is 1. The van der Waals surface area contributed by atoms with Gasteiger partial charge in [0.25, 0.3) is 0 Å². The van der Waals surface area contributed by atoms with Gasteiger partial charge in [-0.2, -0.15) is 0 Å². The van der Waals surface area contributed by atoms with E-state index in [2.05, 4.69) is 20.0 Å². The number of anilines is 2. The summed E-state index contributed by atoms with van der Waals surface area (Å²) in [6.45, 7) is 0. The average Bonchev–Trinajstić information content (AvgIpc) is 2.90. The second-order valence-electron chi connectivity index (χ2n) is 4.82. The van der Waals surface area contributed by atoms with E-state index >= 15 is 0 Å². The Labute approximate surface area is 132 Å². The summed E-state index contributed by atoms with van der Waals surface area (Å²) >= 11 is 5.95. The number of fused-ring (bicyclic) bond motifs is 1. The van der Waals surface area contributed by atoms with Crippen LogP contribution < -0.4 is 5.32 Å². The van der Waals surface area contributed by atoms with Gasteiger partial charge in [-0.05, 0) is 35.9 Å². The first-order chi connectivity index (χ1) is 10.6. The van der Waals surface area contributed by atoms with Gasteiger partial charge in [0.1, 0.15) is 0 Å². The molecule has 2 aromatic carbocycles. The van der Waals surface area contributed by atoms with Gasteiger partial charge in [0.2, 0.25) is 5.95 Å². The molecule has 0 radical (unpaired) electrons. The van der Waals surface area contributed by atoms with E-state index in [4.69, 9.17) is 11.6 Å². The lowest BCUT2D eigenvalue weighted by atomic mass is 10.1. The Morgan fingerprint density at radius 3 is 2.77 bits per heavy atom. The van der Waals surface area contributed by atoms with E-state index in [1.54, 1.807) is 6.07 Å². The number of imidazole rings is 1. The number of rotatable bonds is 4. The van der Waals surface area contributed by atoms with Gasteiger partial charge >= 0.3 is 5.97 Å². The molecule has 0 aliphatic heterocycles. The lowest BCUT2D eigenvalue weighted by molar-refractivity contribution is -0.139. The minimum atomic E-state index is -0.255. The maximum Gasteiger partial charge on any atom is 0.309 e. The Kier molecular flexibility index (Phi) is 3.98. The molecule has 3 aromatic rings. The van der Waals surface area contributed by atoms with Crippen LogP contribution >= 0.6 is 11.6 Å². The van der Waals surface area contributed by atoms with Crippen molar-refractivity contribution in [1.29, 1.82) is 0 Å². The van der Waals surface area contributed by atoms with Gasteiger partial charge in [0.05, 0.1) is 24.6 Å². The van der Waals surface area contributed by atoms with Gasteiger partial charge in [0.15, 0.2) is 0 Å². The number of nitrogens with one attached hydrogen (secondary N) is 2. The molecule has 0 saturated heterocycles. The molecule has 5 nitrogen and oxygen atoms in total. The molecule has 3 rings (SSSR count). The molecule has 0 saturated carbocycles. The van der Waals surface area contributed by atoms with Crippen molar-refractivity contribution in [3.63, 3.8) is 0 Å². The van der Waals surface area contributed by atoms with Crippen LogP contribution in [0.4, 0.5) is 11.6 Å². The zero-order valence-corrected chi connectivity index (χ0v) is 12.6. The molecule has 1 aromatic heterocycles. The topological polar surface area (TPSA) is 67.0 Å².